The van der Waals surface area contributed by atoms with Gasteiger partial charge in [-0.25, -0.2) is 4.79 Å². The molecule has 1 rings (SSSR count). The normalized spacial score (nSPS) is 11.1. The van der Waals surface area contributed by atoms with Gasteiger partial charge in [0.15, 0.2) is 0 Å². The Hall–Kier alpha value is -1.59. The molecule has 17 heavy (non-hydrogen) atoms. The van der Waals surface area contributed by atoms with Crippen molar-refractivity contribution in [2.75, 3.05) is 11.9 Å². The van der Waals surface area contributed by atoms with Crippen molar-refractivity contribution in [3.63, 3.8) is 0 Å². The molecule has 0 heterocycles. The van der Waals surface area contributed by atoms with Gasteiger partial charge in [-0.1, -0.05) is 6.92 Å². The van der Waals surface area contributed by atoms with Crippen molar-refractivity contribution < 1.29 is 19.7 Å². The number of nitrogens with one attached hydrogen (secondary N) is 1. The van der Waals surface area contributed by atoms with Gasteiger partial charge in [0.25, 0.3) is 0 Å². The van der Waals surface area contributed by atoms with Gasteiger partial charge < -0.3 is 20.3 Å². The van der Waals surface area contributed by atoms with E-state index in [1.807, 2.05) is 0 Å². The quantitative estimate of drug-likeness (QED) is 0.533. The van der Waals surface area contributed by atoms with Gasteiger partial charge in [-0.05, 0) is 31.2 Å². The fourth-order valence-electron chi connectivity index (χ4n) is 1.22. The summed E-state index contributed by atoms with van der Waals surface area (Å²) in [5.74, 6) is -2.33. The fraction of sp³-hybridized carbons (Fsp3) is 0.417. The highest BCUT2D eigenvalue weighted by molar-refractivity contribution is 5.89. The van der Waals surface area contributed by atoms with E-state index in [4.69, 9.17) is 4.74 Å². The molecule has 5 heteroatoms. The predicted molar refractivity (Wildman–Crippen MR) is 63.5 cm³/mol. The zero-order valence-corrected chi connectivity index (χ0v) is 9.93. The van der Waals surface area contributed by atoms with Crippen molar-refractivity contribution in [3.05, 3.63) is 29.8 Å². The molecule has 0 amide bonds. The number of aliphatic hydroxyl groups is 2. The van der Waals surface area contributed by atoms with E-state index in [1.54, 1.807) is 38.1 Å². The van der Waals surface area contributed by atoms with Gasteiger partial charge in [0.05, 0.1) is 12.2 Å². The van der Waals surface area contributed by atoms with Gasteiger partial charge in [-0.15, -0.1) is 0 Å². The molecule has 1 aromatic rings. The minimum absolute atomic E-state index is 0.145. The number of hydrogen-bond acceptors (Lipinski definition) is 5. The zero-order valence-electron chi connectivity index (χ0n) is 9.93. The molecule has 0 spiro atoms. The van der Waals surface area contributed by atoms with Gasteiger partial charge >= 0.3 is 5.97 Å². The summed E-state index contributed by atoms with van der Waals surface area (Å²) in [5, 5.41) is 21.3. The number of ether oxygens (including phenoxy) is 1. The first-order chi connectivity index (χ1) is 7.98. The molecular weight excluding hydrogens is 222 g/mol. The lowest BCUT2D eigenvalue weighted by Gasteiger charge is -2.22. The number of hydrogen-bond donors (Lipinski definition) is 3. The molecule has 0 unspecified atom stereocenters. The molecule has 0 atom stereocenters. The van der Waals surface area contributed by atoms with E-state index in [1.165, 1.54) is 0 Å². The number of rotatable bonds is 5. The van der Waals surface area contributed by atoms with E-state index in [9.17, 15) is 15.0 Å². The molecule has 0 fully saturated rings. The van der Waals surface area contributed by atoms with Crippen LogP contribution in [-0.4, -0.2) is 28.7 Å². The molecule has 0 aliphatic rings. The lowest BCUT2D eigenvalue weighted by Crippen LogP contribution is -2.36. The highest BCUT2D eigenvalue weighted by Crippen LogP contribution is 2.15. The van der Waals surface area contributed by atoms with Crippen LogP contribution in [0.25, 0.3) is 0 Å². The average molecular weight is 239 g/mol. The summed E-state index contributed by atoms with van der Waals surface area (Å²) in [6.45, 7) is 3.70. The number of benzene rings is 1. The van der Waals surface area contributed by atoms with E-state index in [0.717, 1.165) is 0 Å². The smallest absolute Gasteiger partial charge is 0.338 e. The monoisotopic (exact) mass is 239 g/mol. The summed E-state index contributed by atoms with van der Waals surface area (Å²) in [4.78, 5) is 11.4. The van der Waals surface area contributed by atoms with Crippen molar-refractivity contribution in [1.82, 2.24) is 0 Å². The highest BCUT2D eigenvalue weighted by Gasteiger charge is 2.19. The molecule has 0 saturated heterocycles. The third-order valence-corrected chi connectivity index (χ3v) is 2.23. The Labute approximate surface area is 100 Å². The van der Waals surface area contributed by atoms with Gasteiger partial charge in [-0.2, -0.15) is 0 Å². The summed E-state index contributed by atoms with van der Waals surface area (Å²) < 4.78 is 4.83. The third kappa shape index (κ3) is 4.05. The maximum Gasteiger partial charge on any atom is 0.338 e. The van der Waals surface area contributed by atoms with Crippen LogP contribution >= 0.6 is 0 Å². The van der Waals surface area contributed by atoms with Crippen molar-refractivity contribution in [2.45, 2.75) is 26.2 Å². The molecule has 0 aliphatic heterocycles. The van der Waals surface area contributed by atoms with Crippen LogP contribution in [0.5, 0.6) is 0 Å². The lowest BCUT2D eigenvalue weighted by molar-refractivity contribution is -0.137. The SMILES string of the molecule is CCOC(=O)c1ccc(NC(O)(O)CC)cc1. The Balaban J connectivity index is 2.71. The van der Waals surface area contributed by atoms with E-state index >= 15 is 0 Å². The lowest BCUT2D eigenvalue weighted by atomic mass is 10.2. The molecule has 0 saturated carbocycles. The Bertz CT molecular complexity index is 373. The molecule has 0 radical (unpaired) electrons. The second-order valence-electron chi connectivity index (χ2n) is 3.59. The van der Waals surface area contributed by atoms with Crippen LogP contribution in [0.4, 0.5) is 5.69 Å². The van der Waals surface area contributed by atoms with Crippen LogP contribution in [0.15, 0.2) is 24.3 Å². The average Bonchev–Trinajstić information content (AvgIpc) is 2.30. The first-order valence-corrected chi connectivity index (χ1v) is 5.48. The van der Waals surface area contributed by atoms with Crippen LogP contribution in [0.1, 0.15) is 30.6 Å². The first-order valence-electron chi connectivity index (χ1n) is 5.48. The van der Waals surface area contributed by atoms with Crippen LogP contribution in [-0.2, 0) is 4.74 Å². The van der Waals surface area contributed by atoms with E-state index in [-0.39, 0.29) is 6.42 Å². The molecule has 0 aromatic heterocycles. The largest absolute Gasteiger partial charge is 0.462 e. The minimum atomic E-state index is -1.94. The van der Waals surface area contributed by atoms with Crippen LogP contribution in [0, 0.1) is 0 Å². The molecule has 0 aliphatic carbocycles. The van der Waals surface area contributed by atoms with Crippen LogP contribution in [0.3, 0.4) is 0 Å². The molecule has 3 N–H and O–H groups in total. The Morgan fingerprint density at radius 2 is 1.88 bits per heavy atom. The molecule has 0 bridgehead atoms. The molecule has 94 valence electrons. The van der Waals surface area contributed by atoms with Gasteiger partial charge in [-0.3, -0.25) is 0 Å². The number of anilines is 1. The Kier molecular flexibility index (Phi) is 4.48. The second-order valence-corrected chi connectivity index (χ2v) is 3.59. The first kappa shape index (κ1) is 13.5. The third-order valence-electron chi connectivity index (χ3n) is 2.23. The highest BCUT2D eigenvalue weighted by atomic mass is 16.5. The Morgan fingerprint density at radius 3 is 2.35 bits per heavy atom. The van der Waals surface area contributed by atoms with Crippen molar-refractivity contribution in [1.29, 1.82) is 0 Å². The van der Waals surface area contributed by atoms with E-state index in [0.29, 0.717) is 17.9 Å². The summed E-state index contributed by atoms with van der Waals surface area (Å²) in [6, 6.07) is 6.30. The maximum atomic E-state index is 11.4. The van der Waals surface area contributed by atoms with Crippen molar-refractivity contribution >= 4 is 11.7 Å². The van der Waals surface area contributed by atoms with Gasteiger partial charge in [0.1, 0.15) is 0 Å². The van der Waals surface area contributed by atoms with Crippen LogP contribution < -0.4 is 5.32 Å². The molecule has 5 nitrogen and oxygen atoms in total. The van der Waals surface area contributed by atoms with Gasteiger partial charge in [0.2, 0.25) is 5.91 Å². The van der Waals surface area contributed by atoms with Crippen molar-refractivity contribution in [3.8, 4) is 0 Å². The summed E-state index contributed by atoms with van der Waals surface area (Å²) >= 11 is 0. The van der Waals surface area contributed by atoms with E-state index < -0.39 is 11.9 Å². The summed E-state index contributed by atoms with van der Waals surface area (Å²) in [6.07, 6.45) is 0.145. The standard InChI is InChI=1S/C12H17NO4/c1-3-12(15,16)13-10-7-5-9(6-8-10)11(14)17-4-2/h5-8,13,15-16H,3-4H2,1-2H3. The zero-order chi connectivity index (χ0) is 12.9. The number of carbonyl (C=O) groups is 1. The molecular formula is C12H17NO4. The minimum Gasteiger partial charge on any atom is -0.462 e. The van der Waals surface area contributed by atoms with Crippen molar-refractivity contribution in [2.24, 2.45) is 0 Å². The van der Waals surface area contributed by atoms with E-state index in [2.05, 4.69) is 5.32 Å². The van der Waals surface area contributed by atoms with Crippen LogP contribution in [0.2, 0.25) is 0 Å². The topological polar surface area (TPSA) is 78.8 Å². The maximum absolute atomic E-state index is 11.4. The number of esters is 1. The number of carbonyl (C=O) groups excluding carboxylic acids is 1. The predicted octanol–water partition coefficient (Wildman–Crippen LogP) is 1.32. The summed E-state index contributed by atoms with van der Waals surface area (Å²) in [5.41, 5.74) is 0.945. The van der Waals surface area contributed by atoms with Gasteiger partial charge in [0, 0.05) is 12.1 Å². The Morgan fingerprint density at radius 1 is 1.29 bits per heavy atom. The summed E-state index contributed by atoms with van der Waals surface area (Å²) in [7, 11) is 0. The molecule has 1 aromatic carbocycles. The second kappa shape index (κ2) is 5.65. The fourth-order valence-corrected chi connectivity index (χ4v) is 1.22.